The van der Waals surface area contributed by atoms with E-state index < -0.39 is 86.0 Å². The number of carboxylic acid groups (broad SMARTS) is 2. The minimum Gasteiger partial charge on any atom is -0.548 e. The number of fused-ring (bicyclic) bond motifs is 2. The zero-order chi connectivity index (χ0) is 38.7. The molecule has 2 aromatic carbocycles. The molecular formula is C35H36ClN6NaO9S2. The Hall–Kier alpha value is -3.58. The number of β-lactam (4-membered cyclic amide) rings is 2. The van der Waals surface area contributed by atoms with Gasteiger partial charge in [-0.2, -0.15) is 0 Å². The Morgan fingerprint density at radius 1 is 0.907 bits per heavy atom. The quantitative estimate of drug-likeness (QED) is 0.151. The van der Waals surface area contributed by atoms with Crippen LogP contribution in [0.15, 0.2) is 59.1 Å². The molecule has 7 rings (SSSR count). The summed E-state index contributed by atoms with van der Waals surface area (Å²) in [6.45, 7) is 8.66. The van der Waals surface area contributed by atoms with Crippen molar-refractivity contribution in [2.75, 3.05) is 0 Å². The maximum atomic E-state index is 13.0. The van der Waals surface area contributed by atoms with Gasteiger partial charge in [-0.25, -0.2) is 4.79 Å². The average Bonchev–Trinajstić information content (AvgIpc) is 3.70. The van der Waals surface area contributed by atoms with Crippen molar-refractivity contribution >= 4 is 70.7 Å². The first kappa shape index (κ1) is 41.6. The van der Waals surface area contributed by atoms with E-state index in [0.29, 0.717) is 21.9 Å². The van der Waals surface area contributed by atoms with Crippen LogP contribution in [0, 0.1) is 6.92 Å². The molecule has 1 unspecified atom stereocenters. The smallest absolute Gasteiger partial charge is 0.548 e. The Morgan fingerprint density at radius 2 is 1.43 bits per heavy atom. The first-order valence-corrected chi connectivity index (χ1v) is 18.6. The molecule has 4 saturated heterocycles. The average molecular weight is 807 g/mol. The number of thioether (sulfide) groups is 2. The largest absolute Gasteiger partial charge is 1.00 e. The van der Waals surface area contributed by atoms with Gasteiger partial charge in [-0.1, -0.05) is 65.3 Å². The molecule has 1 aromatic heterocycles. The van der Waals surface area contributed by atoms with Crippen molar-refractivity contribution in [3.05, 3.63) is 76.5 Å². The predicted molar refractivity (Wildman–Crippen MR) is 193 cm³/mol. The van der Waals surface area contributed by atoms with Crippen molar-refractivity contribution in [2.24, 2.45) is 5.73 Å². The van der Waals surface area contributed by atoms with Crippen LogP contribution in [-0.2, 0) is 24.0 Å². The van der Waals surface area contributed by atoms with E-state index in [2.05, 4.69) is 15.8 Å². The van der Waals surface area contributed by atoms with Crippen LogP contribution in [0.4, 0.5) is 0 Å². The summed E-state index contributed by atoms with van der Waals surface area (Å²) in [5.41, 5.74) is 7.60. The number of nitrogens with two attached hydrogens (primary N) is 1. The standard InChI is InChI=1S/C19H18ClN3O5S.C16H19N3O4S.Na/c1-8-11(12(22-28-8)9-6-4-5-7-10(9)20)15(24)21-13-16(25)23-14(18(26)27)19(2,3)29-17(13)23;1-16(2)11(15(22)23)19-13(21)10(14(19)24-16)18-12(20)9(17)8-6-4-3-5-7-8;/h4-7,13-14,17H,1-3H3,(H,21,24)(H,26,27);3-7,9-11,14H,17H2,1-2H3,(H,18,20)(H,22,23);/q;;+1/p-1/t13-,14+,17-;9?,10-,11+,14-;/m11./s1. The van der Waals surface area contributed by atoms with Crippen LogP contribution in [0.2, 0.25) is 5.02 Å². The second kappa shape index (κ2) is 15.5. The van der Waals surface area contributed by atoms with Gasteiger partial charge < -0.3 is 45.7 Å². The van der Waals surface area contributed by atoms with Gasteiger partial charge in [-0.05, 0) is 46.2 Å². The molecule has 19 heteroatoms. The normalized spacial score (nSPS) is 26.1. The van der Waals surface area contributed by atoms with E-state index >= 15 is 0 Å². The molecule has 280 valence electrons. The van der Waals surface area contributed by atoms with Crippen LogP contribution < -0.4 is 51.0 Å². The molecule has 4 aliphatic rings. The molecule has 4 aliphatic heterocycles. The number of aryl methyl sites for hydroxylation is 1. The molecule has 3 aromatic rings. The third kappa shape index (κ3) is 7.27. The fraction of sp³-hybridized carbons (Fsp3) is 0.400. The number of hydrogen-bond acceptors (Lipinski definition) is 12. The summed E-state index contributed by atoms with van der Waals surface area (Å²) in [7, 11) is 0. The number of benzene rings is 2. The maximum absolute atomic E-state index is 13.0. The summed E-state index contributed by atoms with van der Waals surface area (Å²) in [4.78, 5) is 75.8. The van der Waals surface area contributed by atoms with Gasteiger partial charge in [0, 0.05) is 15.1 Å². The Labute approximate surface area is 345 Å². The van der Waals surface area contributed by atoms with Gasteiger partial charge >= 0.3 is 35.5 Å². The molecule has 0 bridgehead atoms. The monoisotopic (exact) mass is 806 g/mol. The van der Waals surface area contributed by atoms with E-state index in [9.17, 15) is 39.0 Å². The second-order valence-electron chi connectivity index (χ2n) is 13.9. The molecule has 0 aliphatic carbocycles. The van der Waals surface area contributed by atoms with Crippen molar-refractivity contribution in [3.8, 4) is 11.3 Å². The first-order valence-electron chi connectivity index (χ1n) is 16.4. The summed E-state index contributed by atoms with van der Waals surface area (Å²) in [6, 6.07) is 11.4. The Bertz CT molecular complexity index is 2020. The van der Waals surface area contributed by atoms with Crippen molar-refractivity contribution in [3.63, 3.8) is 0 Å². The number of rotatable bonds is 8. The molecule has 5 N–H and O–H groups in total. The van der Waals surface area contributed by atoms with Crippen molar-refractivity contribution in [1.29, 1.82) is 0 Å². The third-order valence-electron chi connectivity index (χ3n) is 9.58. The van der Waals surface area contributed by atoms with Gasteiger partial charge in [0.05, 0.1) is 17.0 Å². The van der Waals surface area contributed by atoms with Crippen molar-refractivity contribution < 1.29 is 73.1 Å². The van der Waals surface area contributed by atoms with Crippen LogP contribution in [0.3, 0.4) is 0 Å². The van der Waals surface area contributed by atoms with E-state index in [1.54, 1.807) is 83.1 Å². The summed E-state index contributed by atoms with van der Waals surface area (Å²) in [5, 5.41) is 29.7. The minimum atomic E-state index is -1.28. The van der Waals surface area contributed by atoms with Crippen molar-refractivity contribution in [2.45, 2.75) is 85.1 Å². The summed E-state index contributed by atoms with van der Waals surface area (Å²) < 4.78 is 3.86. The number of hydrogen-bond donors (Lipinski definition) is 4. The van der Waals surface area contributed by atoms with Gasteiger partial charge in [0.25, 0.3) is 5.91 Å². The molecule has 5 heterocycles. The molecule has 4 amide bonds. The maximum Gasteiger partial charge on any atom is 1.00 e. The second-order valence-corrected chi connectivity index (χ2v) is 17.9. The number of nitrogens with one attached hydrogen (secondary N) is 2. The third-order valence-corrected chi connectivity index (χ3v) is 13.1. The van der Waals surface area contributed by atoms with Gasteiger partial charge in [-0.3, -0.25) is 19.2 Å². The zero-order valence-corrected chi connectivity index (χ0v) is 34.5. The number of carbonyl (C=O) groups is 6. The van der Waals surface area contributed by atoms with Crippen LogP contribution in [-0.4, -0.2) is 100 Å². The number of carboxylic acids is 2. The molecule has 15 nitrogen and oxygen atoms in total. The van der Waals surface area contributed by atoms with Gasteiger partial charge in [0.15, 0.2) is 0 Å². The molecule has 0 saturated carbocycles. The topological polar surface area (TPSA) is 228 Å². The van der Waals surface area contributed by atoms with Gasteiger partial charge in [0.1, 0.15) is 51.9 Å². The number of carbonyl (C=O) groups excluding carboxylic acids is 5. The van der Waals surface area contributed by atoms with Crippen LogP contribution in [0.1, 0.15) is 55.4 Å². The molecule has 4 fully saturated rings. The van der Waals surface area contributed by atoms with E-state index in [1.165, 1.54) is 33.3 Å². The number of halogens is 1. The number of aliphatic carboxylic acids is 2. The van der Waals surface area contributed by atoms with Crippen LogP contribution in [0.5, 0.6) is 0 Å². The van der Waals surface area contributed by atoms with Crippen LogP contribution in [0.25, 0.3) is 11.3 Å². The molecule has 0 spiro atoms. The van der Waals surface area contributed by atoms with E-state index in [0.717, 1.165) is 0 Å². The summed E-state index contributed by atoms with van der Waals surface area (Å²) in [6.07, 6.45) is 0. The molecule has 0 radical (unpaired) electrons. The van der Waals surface area contributed by atoms with Gasteiger partial charge in [0.2, 0.25) is 17.7 Å². The molecular weight excluding hydrogens is 771 g/mol. The Morgan fingerprint density at radius 3 is 1.98 bits per heavy atom. The Kier molecular flexibility index (Phi) is 11.9. The number of nitrogens with zero attached hydrogens (tertiary/aromatic N) is 3. The zero-order valence-electron chi connectivity index (χ0n) is 30.1. The molecule has 7 atom stereocenters. The van der Waals surface area contributed by atoms with E-state index in [-0.39, 0.29) is 40.8 Å². The predicted octanol–water partition coefficient (Wildman–Crippen LogP) is -1.46. The molecule has 54 heavy (non-hydrogen) atoms. The fourth-order valence-corrected chi connectivity index (χ4v) is 10.5. The fourth-order valence-electron chi connectivity index (χ4n) is 7.02. The first-order chi connectivity index (χ1) is 24.9. The minimum absolute atomic E-state index is 0. The Balaban J connectivity index is 0.000000208. The number of amides is 4. The van der Waals surface area contributed by atoms with E-state index in [4.69, 9.17) is 21.9 Å². The summed E-state index contributed by atoms with van der Waals surface area (Å²) in [5.74, 6) is -3.86. The van der Waals surface area contributed by atoms with Crippen molar-refractivity contribution in [1.82, 2.24) is 25.6 Å². The summed E-state index contributed by atoms with van der Waals surface area (Å²) >= 11 is 8.93. The SMILES string of the molecule is CC1(C)S[C@@H]2[C@H](NC(=O)C(N)c3ccccc3)C(=O)N2[C@H]1C(=O)[O-].Cc1onc(-c2ccccc2Cl)c1C(=O)N[C@@H]1C(=O)N2[C@@H]1SC(C)(C)[C@@H]2C(=O)O.[Na+]. The number of aromatic nitrogens is 1. The van der Waals surface area contributed by atoms with E-state index in [1.807, 2.05) is 6.07 Å². The van der Waals surface area contributed by atoms with Crippen LogP contribution >= 0.6 is 35.1 Å². The van der Waals surface area contributed by atoms with Gasteiger partial charge in [-0.15, -0.1) is 23.5 Å².